The quantitative estimate of drug-likeness (QED) is 0.750. The third-order valence-electron chi connectivity index (χ3n) is 3.86. The molecule has 0 radical (unpaired) electrons. The van der Waals surface area contributed by atoms with Gasteiger partial charge in [0.05, 0.1) is 6.04 Å². The summed E-state index contributed by atoms with van der Waals surface area (Å²) in [5.74, 6) is 0.212. The third-order valence-corrected chi connectivity index (χ3v) is 5.37. The molecule has 2 nitrogen and oxygen atoms in total. The molecule has 1 heterocycles. The summed E-state index contributed by atoms with van der Waals surface area (Å²) in [7, 11) is 0. The fraction of sp³-hybridized carbons (Fsp3) is 0.278. The molecule has 4 heteroatoms. The van der Waals surface area contributed by atoms with Gasteiger partial charge in [-0.2, -0.15) is 0 Å². The lowest BCUT2D eigenvalue weighted by Gasteiger charge is -2.49. The van der Waals surface area contributed by atoms with E-state index in [0.717, 1.165) is 15.5 Å². The molecular formula is C18H18ClNOS. The van der Waals surface area contributed by atoms with Crippen molar-refractivity contribution < 1.29 is 4.79 Å². The minimum Gasteiger partial charge on any atom is -0.331 e. The lowest BCUT2D eigenvalue weighted by Crippen LogP contribution is -2.59. The van der Waals surface area contributed by atoms with Crippen molar-refractivity contribution in [2.75, 3.05) is 0 Å². The molecule has 1 amide bonds. The summed E-state index contributed by atoms with van der Waals surface area (Å²) >= 11 is 7.63. The molecule has 0 bridgehead atoms. The van der Waals surface area contributed by atoms with Crippen molar-refractivity contribution in [2.24, 2.45) is 0 Å². The maximum atomic E-state index is 12.5. The van der Waals surface area contributed by atoms with Crippen LogP contribution in [0.15, 0.2) is 59.5 Å². The third kappa shape index (κ3) is 2.88. The Morgan fingerprint density at radius 3 is 2.27 bits per heavy atom. The van der Waals surface area contributed by atoms with Gasteiger partial charge in [0.1, 0.15) is 5.25 Å². The number of β-lactam (4-membered cyclic amide) rings is 1. The molecule has 0 saturated carbocycles. The van der Waals surface area contributed by atoms with Gasteiger partial charge in [0, 0.05) is 16.0 Å². The molecule has 0 aromatic heterocycles. The predicted molar refractivity (Wildman–Crippen MR) is 92.3 cm³/mol. The topological polar surface area (TPSA) is 20.3 Å². The van der Waals surface area contributed by atoms with Crippen molar-refractivity contribution >= 4 is 29.3 Å². The standard InChI is InChI=1S/C18H18ClNOS/c1-12(2)20-16(13-8-10-14(19)11-9-13)17(18(20)21)22-15-6-4-3-5-7-15/h3-12,16-17H,1-2H3/t16-,17-/m0/s1. The number of amides is 1. The lowest BCUT2D eigenvalue weighted by molar-refractivity contribution is -0.147. The molecule has 0 N–H and O–H groups in total. The smallest absolute Gasteiger partial charge is 0.239 e. The minimum absolute atomic E-state index is 0.0639. The molecule has 22 heavy (non-hydrogen) atoms. The number of likely N-dealkylation sites (tertiary alicyclic amines) is 1. The normalized spacial score (nSPS) is 21.1. The summed E-state index contributed by atoms with van der Waals surface area (Å²) in [6.45, 7) is 4.12. The van der Waals surface area contributed by atoms with Crippen LogP contribution in [0.2, 0.25) is 5.02 Å². The van der Waals surface area contributed by atoms with E-state index in [2.05, 4.69) is 26.0 Å². The molecule has 2 atom stereocenters. The van der Waals surface area contributed by atoms with Crippen LogP contribution in [0.5, 0.6) is 0 Å². The second-order valence-corrected chi connectivity index (χ2v) is 7.34. The fourth-order valence-electron chi connectivity index (χ4n) is 2.81. The van der Waals surface area contributed by atoms with Crippen LogP contribution in [0.1, 0.15) is 25.5 Å². The Balaban J connectivity index is 1.87. The van der Waals surface area contributed by atoms with Crippen LogP contribution in [0.4, 0.5) is 0 Å². The highest BCUT2D eigenvalue weighted by Gasteiger charge is 2.49. The molecule has 0 aliphatic carbocycles. The van der Waals surface area contributed by atoms with E-state index in [-0.39, 0.29) is 23.2 Å². The van der Waals surface area contributed by atoms with Gasteiger partial charge in [0.25, 0.3) is 0 Å². The van der Waals surface area contributed by atoms with Gasteiger partial charge in [-0.3, -0.25) is 4.79 Å². The Hall–Kier alpha value is -1.45. The van der Waals surface area contributed by atoms with Gasteiger partial charge < -0.3 is 4.90 Å². The Morgan fingerprint density at radius 2 is 1.68 bits per heavy atom. The molecule has 0 spiro atoms. The molecule has 1 fully saturated rings. The SMILES string of the molecule is CC(C)N1C(=O)[C@@H](Sc2ccccc2)[C@@H]1c1ccc(Cl)cc1. The second-order valence-electron chi connectivity index (χ2n) is 5.69. The minimum atomic E-state index is -0.0639. The summed E-state index contributed by atoms with van der Waals surface area (Å²) in [6.07, 6.45) is 0. The van der Waals surface area contributed by atoms with Crippen molar-refractivity contribution in [3.63, 3.8) is 0 Å². The number of hydrogen-bond donors (Lipinski definition) is 0. The molecule has 3 rings (SSSR count). The van der Waals surface area contributed by atoms with E-state index < -0.39 is 0 Å². The van der Waals surface area contributed by atoms with Gasteiger partial charge in [-0.15, -0.1) is 11.8 Å². The first-order valence-corrected chi connectivity index (χ1v) is 8.63. The number of nitrogens with zero attached hydrogens (tertiary/aromatic N) is 1. The first-order valence-electron chi connectivity index (χ1n) is 7.37. The van der Waals surface area contributed by atoms with Crippen molar-refractivity contribution in [3.8, 4) is 0 Å². The molecule has 1 aliphatic rings. The largest absolute Gasteiger partial charge is 0.331 e. The van der Waals surface area contributed by atoms with Crippen molar-refractivity contribution in [1.82, 2.24) is 4.90 Å². The summed E-state index contributed by atoms with van der Waals surface area (Å²) < 4.78 is 0. The van der Waals surface area contributed by atoms with Crippen LogP contribution >= 0.6 is 23.4 Å². The van der Waals surface area contributed by atoms with Crippen LogP contribution in [0.25, 0.3) is 0 Å². The Labute approximate surface area is 140 Å². The Kier molecular flexibility index (Phi) is 4.46. The van der Waals surface area contributed by atoms with E-state index in [1.807, 2.05) is 47.4 Å². The van der Waals surface area contributed by atoms with Gasteiger partial charge in [-0.1, -0.05) is 41.9 Å². The molecular weight excluding hydrogens is 314 g/mol. The number of carbonyl (C=O) groups excluding carboxylic acids is 1. The van der Waals surface area contributed by atoms with E-state index in [4.69, 9.17) is 11.6 Å². The highest BCUT2D eigenvalue weighted by atomic mass is 35.5. The Bertz CT molecular complexity index is 657. The van der Waals surface area contributed by atoms with E-state index in [9.17, 15) is 4.79 Å². The number of halogens is 1. The van der Waals surface area contributed by atoms with E-state index in [0.29, 0.717) is 0 Å². The van der Waals surface area contributed by atoms with Crippen molar-refractivity contribution in [1.29, 1.82) is 0 Å². The van der Waals surface area contributed by atoms with Crippen molar-refractivity contribution in [3.05, 3.63) is 65.2 Å². The number of carbonyl (C=O) groups is 1. The zero-order valence-corrected chi connectivity index (χ0v) is 14.1. The zero-order valence-electron chi connectivity index (χ0n) is 12.6. The second kappa shape index (κ2) is 6.35. The van der Waals surface area contributed by atoms with Crippen LogP contribution in [-0.4, -0.2) is 22.1 Å². The van der Waals surface area contributed by atoms with E-state index >= 15 is 0 Å². The summed E-state index contributed by atoms with van der Waals surface area (Å²) in [4.78, 5) is 15.6. The first kappa shape index (κ1) is 15.4. The first-order chi connectivity index (χ1) is 10.6. The lowest BCUT2D eigenvalue weighted by atomic mass is 9.91. The highest BCUT2D eigenvalue weighted by Crippen LogP contribution is 2.46. The summed E-state index contributed by atoms with van der Waals surface area (Å²) in [5, 5.41) is 0.656. The van der Waals surface area contributed by atoms with Gasteiger partial charge >= 0.3 is 0 Å². The van der Waals surface area contributed by atoms with Gasteiger partial charge in [-0.25, -0.2) is 0 Å². The molecule has 2 aromatic rings. The van der Waals surface area contributed by atoms with E-state index in [1.54, 1.807) is 11.8 Å². The molecule has 2 aromatic carbocycles. The summed E-state index contributed by atoms with van der Waals surface area (Å²) in [6, 6.07) is 18.2. The monoisotopic (exact) mass is 331 g/mol. The molecule has 1 aliphatic heterocycles. The van der Waals surface area contributed by atoms with Crippen LogP contribution in [-0.2, 0) is 4.79 Å². The van der Waals surface area contributed by atoms with Gasteiger partial charge in [0.2, 0.25) is 5.91 Å². The molecule has 0 unspecified atom stereocenters. The van der Waals surface area contributed by atoms with E-state index in [1.165, 1.54) is 0 Å². The number of hydrogen-bond acceptors (Lipinski definition) is 2. The molecule has 1 saturated heterocycles. The highest BCUT2D eigenvalue weighted by molar-refractivity contribution is 8.00. The Morgan fingerprint density at radius 1 is 1.05 bits per heavy atom. The molecule has 114 valence electrons. The number of rotatable bonds is 4. The van der Waals surface area contributed by atoms with Gasteiger partial charge in [-0.05, 0) is 43.7 Å². The van der Waals surface area contributed by atoms with Crippen LogP contribution in [0.3, 0.4) is 0 Å². The maximum Gasteiger partial charge on any atom is 0.239 e. The fourth-order valence-corrected chi connectivity index (χ4v) is 4.19. The van der Waals surface area contributed by atoms with Crippen LogP contribution in [0, 0.1) is 0 Å². The van der Waals surface area contributed by atoms with Gasteiger partial charge in [0.15, 0.2) is 0 Å². The predicted octanol–water partition coefficient (Wildman–Crippen LogP) is 4.79. The number of thioether (sulfide) groups is 1. The van der Waals surface area contributed by atoms with Crippen molar-refractivity contribution in [2.45, 2.75) is 36.1 Å². The summed E-state index contributed by atoms with van der Waals surface area (Å²) in [5.41, 5.74) is 1.14. The average Bonchev–Trinajstić information content (AvgIpc) is 2.51. The number of benzene rings is 2. The maximum absolute atomic E-state index is 12.5. The average molecular weight is 332 g/mol. The van der Waals surface area contributed by atoms with Crippen LogP contribution < -0.4 is 0 Å². The zero-order chi connectivity index (χ0) is 15.7.